The number of aromatic nitrogens is 1. The molecule has 0 spiro atoms. The zero-order valence-corrected chi connectivity index (χ0v) is 15.5. The predicted molar refractivity (Wildman–Crippen MR) is 98.6 cm³/mol. The molecular formula is C17H21N3O3S2. The fourth-order valence-electron chi connectivity index (χ4n) is 2.83. The first-order valence-electron chi connectivity index (χ1n) is 8.34. The second-order valence-electron chi connectivity index (χ2n) is 5.96. The SMILES string of the molecule is O=C(CNc1nccs1)c1cccc(S(=O)(=O)N2CCCCCC2)c1. The lowest BCUT2D eigenvalue weighted by Crippen LogP contribution is -2.32. The van der Waals surface area contributed by atoms with E-state index in [1.54, 1.807) is 24.4 Å². The van der Waals surface area contributed by atoms with E-state index in [9.17, 15) is 13.2 Å². The number of nitrogens with one attached hydrogen (secondary N) is 1. The topological polar surface area (TPSA) is 79.4 Å². The van der Waals surface area contributed by atoms with Gasteiger partial charge >= 0.3 is 0 Å². The lowest BCUT2D eigenvalue weighted by Gasteiger charge is -2.20. The van der Waals surface area contributed by atoms with Gasteiger partial charge in [0, 0.05) is 30.2 Å². The minimum atomic E-state index is -3.55. The summed E-state index contributed by atoms with van der Waals surface area (Å²) in [5.41, 5.74) is 0.389. The largest absolute Gasteiger partial charge is 0.354 e. The second-order valence-corrected chi connectivity index (χ2v) is 8.79. The standard InChI is InChI=1S/C17H21N3O3S2/c21-16(13-19-17-18-8-11-24-17)14-6-5-7-15(12-14)25(22,23)20-9-3-1-2-4-10-20/h5-8,11-12H,1-4,9-10,13H2,(H,18,19). The van der Waals surface area contributed by atoms with Crippen LogP contribution >= 0.6 is 11.3 Å². The summed E-state index contributed by atoms with van der Waals surface area (Å²) in [7, 11) is -3.55. The molecular weight excluding hydrogens is 358 g/mol. The van der Waals surface area contributed by atoms with Crippen LogP contribution < -0.4 is 5.32 Å². The molecule has 2 aromatic rings. The van der Waals surface area contributed by atoms with Crippen LogP contribution in [0.3, 0.4) is 0 Å². The Morgan fingerprint density at radius 2 is 1.96 bits per heavy atom. The first kappa shape index (κ1) is 18.0. The summed E-state index contributed by atoms with van der Waals surface area (Å²) in [6, 6.07) is 6.31. The molecule has 8 heteroatoms. The molecule has 1 fully saturated rings. The van der Waals surface area contributed by atoms with Crippen molar-refractivity contribution in [3.8, 4) is 0 Å². The molecule has 0 aliphatic carbocycles. The van der Waals surface area contributed by atoms with E-state index in [4.69, 9.17) is 0 Å². The van der Waals surface area contributed by atoms with Crippen LogP contribution in [-0.2, 0) is 10.0 Å². The summed E-state index contributed by atoms with van der Waals surface area (Å²) in [4.78, 5) is 16.6. The van der Waals surface area contributed by atoms with Gasteiger partial charge in [0.15, 0.2) is 10.9 Å². The minimum Gasteiger partial charge on any atom is -0.354 e. The molecule has 6 nitrogen and oxygen atoms in total. The summed E-state index contributed by atoms with van der Waals surface area (Å²) in [6.07, 6.45) is 5.55. The molecule has 0 bridgehead atoms. The van der Waals surface area contributed by atoms with Crippen molar-refractivity contribution in [3.63, 3.8) is 0 Å². The second kappa shape index (κ2) is 8.07. The average Bonchev–Trinajstić information content (AvgIpc) is 2.99. The highest BCUT2D eigenvalue weighted by atomic mass is 32.2. The molecule has 1 aliphatic rings. The Morgan fingerprint density at radius 3 is 2.64 bits per heavy atom. The van der Waals surface area contributed by atoms with Crippen LogP contribution in [0.4, 0.5) is 5.13 Å². The molecule has 2 heterocycles. The van der Waals surface area contributed by atoms with Crippen LogP contribution in [0, 0.1) is 0 Å². The van der Waals surface area contributed by atoms with Gasteiger partial charge in [0.1, 0.15) is 0 Å². The molecule has 0 amide bonds. The molecule has 1 aliphatic heterocycles. The van der Waals surface area contributed by atoms with Crippen molar-refractivity contribution in [2.75, 3.05) is 25.0 Å². The zero-order valence-electron chi connectivity index (χ0n) is 13.8. The molecule has 0 saturated carbocycles. The Balaban J connectivity index is 1.74. The number of rotatable bonds is 6. The highest BCUT2D eigenvalue weighted by Gasteiger charge is 2.25. The number of nitrogens with zero attached hydrogens (tertiary/aromatic N) is 2. The number of hydrogen-bond acceptors (Lipinski definition) is 6. The van der Waals surface area contributed by atoms with E-state index in [2.05, 4.69) is 10.3 Å². The van der Waals surface area contributed by atoms with Crippen molar-refractivity contribution >= 4 is 32.3 Å². The van der Waals surface area contributed by atoms with Crippen molar-refractivity contribution in [2.24, 2.45) is 0 Å². The van der Waals surface area contributed by atoms with Crippen molar-refractivity contribution in [3.05, 3.63) is 41.4 Å². The fourth-order valence-corrected chi connectivity index (χ4v) is 4.92. The van der Waals surface area contributed by atoms with Gasteiger partial charge in [-0.05, 0) is 25.0 Å². The van der Waals surface area contributed by atoms with Gasteiger partial charge in [-0.15, -0.1) is 11.3 Å². The van der Waals surface area contributed by atoms with Gasteiger partial charge in [0.2, 0.25) is 10.0 Å². The number of ketones is 1. The van der Waals surface area contributed by atoms with E-state index in [1.807, 2.05) is 5.38 Å². The van der Waals surface area contributed by atoms with Crippen LogP contribution in [0.15, 0.2) is 40.7 Å². The van der Waals surface area contributed by atoms with Crippen molar-refractivity contribution in [2.45, 2.75) is 30.6 Å². The van der Waals surface area contributed by atoms with Gasteiger partial charge in [-0.2, -0.15) is 4.31 Å². The smallest absolute Gasteiger partial charge is 0.243 e. The third kappa shape index (κ3) is 4.45. The van der Waals surface area contributed by atoms with Gasteiger partial charge in [0.25, 0.3) is 0 Å². The summed E-state index contributed by atoms with van der Waals surface area (Å²) in [5, 5.41) is 5.44. The number of sulfonamides is 1. The number of anilines is 1. The normalized spacial score (nSPS) is 16.3. The summed E-state index contributed by atoms with van der Waals surface area (Å²) in [5.74, 6) is -0.164. The number of carbonyl (C=O) groups is 1. The fraction of sp³-hybridized carbons (Fsp3) is 0.412. The van der Waals surface area contributed by atoms with Crippen LogP contribution in [-0.4, -0.2) is 43.1 Å². The van der Waals surface area contributed by atoms with Crippen molar-refractivity contribution < 1.29 is 13.2 Å². The van der Waals surface area contributed by atoms with Crippen molar-refractivity contribution in [1.29, 1.82) is 0 Å². The highest BCUT2D eigenvalue weighted by molar-refractivity contribution is 7.89. The maximum atomic E-state index is 12.9. The molecule has 25 heavy (non-hydrogen) atoms. The quantitative estimate of drug-likeness (QED) is 0.781. The van der Waals surface area contributed by atoms with E-state index in [-0.39, 0.29) is 17.2 Å². The first-order valence-corrected chi connectivity index (χ1v) is 10.7. The first-order chi connectivity index (χ1) is 12.1. The minimum absolute atomic E-state index is 0.0841. The van der Waals surface area contributed by atoms with Gasteiger partial charge in [-0.25, -0.2) is 13.4 Å². The van der Waals surface area contributed by atoms with E-state index in [0.29, 0.717) is 23.8 Å². The molecule has 1 N–H and O–H groups in total. The highest BCUT2D eigenvalue weighted by Crippen LogP contribution is 2.21. The number of thiazole rings is 1. The van der Waals surface area contributed by atoms with Gasteiger partial charge in [0.05, 0.1) is 11.4 Å². The average molecular weight is 380 g/mol. The van der Waals surface area contributed by atoms with E-state index in [0.717, 1.165) is 25.7 Å². The number of Topliss-reactive ketones (excluding diaryl/α,β-unsaturated/α-hetero) is 1. The van der Waals surface area contributed by atoms with E-state index >= 15 is 0 Å². The Hall–Kier alpha value is -1.77. The molecule has 1 aromatic carbocycles. The Bertz CT molecular complexity index is 811. The Kier molecular flexibility index (Phi) is 5.82. The molecule has 1 aromatic heterocycles. The van der Waals surface area contributed by atoms with E-state index in [1.165, 1.54) is 21.7 Å². The molecule has 0 unspecified atom stereocenters. The lowest BCUT2D eigenvalue weighted by molar-refractivity contribution is 0.101. The predicted octanol–water partition coefficient (Wildman–Crippen LogP) is 3.00. The number of hydrogen-bond donors (Lipinski definition) is 1. The molecule has 0 radical (unpaired) electrons. The third-order valence-electron chi connectivity index (χ3n) is 4.19. The summed E-state index contributed by atoms with van der Waals surface area (Å²) < 4.78 is 27.2. The lowest BCUT2D eigenvalue weighted by atomic mass is 10.1. The van der Waals surface area contributed by atoms with Gasteiger partial charge in [-0.3, -0.25) is 4.79 Å². The number of benzene rings is 1. The van der Waals surface area contributed by atoms with Gasteiger partial charge < -0.3 is 5.32 Å². The zero-order chi connectivity index (χ0) is 17.7. The Labute approximate surface area is 151 Å². The van der Waals surface area contributed by atoms with Crippen LogP contribution in [0.5, 0.6) is 0 Å². The summed E-state index contributed by atoms with van der Waals surface area (Å²) in [6.45, 7) is 1.18. The maximum Gasteiger partial charge on any atom is 0.243 e. The molecule has 1 saturated heterocycles. The van der Waals surface area contributed by atoms with E-state index < -0.39 is 10.0 Å². The van der Waals surface area contributed by atoms with Crippen LogP contribution in [0.1, 0.15) is 36.0 Å². The Morgan fingerprint density at radius 1 is 1.20 bits per heavy atom. The monoisotopic (exact) mass is 379 g/mol. The molecule has 3 rings (SSSR count). The maximum absolute atomic E-state index is 12.9. The van der Waals surface area contributed by atoms with Crippen LogP contribution in [0.2, 0.25) is 0 Å². The molecule has 134 valence electrons. The molecule has 0 atom stereocenters. The van der Waals surface area contributed by atoms with Crippen LogP contribution in [0.25, 0.3) is 0 Å². The third-order valence-corrected chi connectivity index (χ3v) is 6.82. The summed E-state index contributed by atoms with van der Waals surface area (Å²) >= 11 is 1.41. The van der Waals surface area contributed by atoms with Gasteiger partial charge in [-0.1, -0.05) is 25.0 Å². The number of carbonyl (C=O) groups excluding carboxylic acids is 1. The van der Waals surface area contributed by atoms with Crippen molar-refractivity contribution in [1.82, 2.24) is 9.29 Å².